The Bertz CT molecular complexity index is 567. The number of aromatic nitrogens is 2. The van der Waals surface area contributed by atoms with Crippen molar-refractivity contribution in [2.75, 3.05) is 11.9 Å². The predicted molar refractivity (Wildman–Crippen MR) is 85.7 cm³/mol. The van der Waals surface area contributed by atoms with Crippen LogP contribution in [0, 0.1) is 6.92 Å². The van der Waals surface area contributed by atoms with E-state index in [1.54, 1.807) is 0 Å². The fraction of sp³-hybridized carbons (Fsp3) is 0.412. The number of hydrogen-bond donors (Lipinski definition) is 1. The molecular weight excluding hydrogens is 262 g/mol. The number of ether oxygens (including phenoxy) is 1. The second-order valence-corrected chi connectivity index (χ2v) is 5.05. The Hall–Kier alpha value is -2.10. The van der Waals surface area contributed by atoms with Crippen LogP contribution >= 0.6 is 0 Å². The molecule has 0 atom stereocenters. The molecule has 2 rings (SSSR count). The van der Waals surface area contributed by atoms with Crippen LogP contribution in [0.2, 0.25) is 0 Å². The van der Waals surface area contributed by atoms with Crippen molar-refractivity contribution in [3.63, 3.8) is 0 Å². The van der Waals surface area contributed by atoms with E-state index >= 15 is 0 Å². The minimum Gasteiger partial charge on any atom is -0.478 e. The van der Waals surface area contributed by atoms with Crippen molar-refractivity contribution in [2.24, 2.45) is 0 Å². The largest absolute Gasteiger partial charge is 0.478 e. The minimum absolute atomic E-state index is 0.648. The number of hydrogen-bond acceptors (Lipinski definition) is 4. The topological polar surface area (TPSA) is 47.0 Å². The number of nitrogens with zero attached hydrogens (tertiary/aromatic N) is 2. The van der Waals surface area contributed by atoms with Gasteiger partial charge in [-0.3, -0.25) is 0 Å². The van der Waals surface area contributed by atoms with Gasteiger partial charge in [0.25, 0.3) is 0 Å². The predicted octanol–water partition coefficient (Wildman–Crippen LogP) is 3.75. The quantitative estimate of drug-likeness (QED) is 0.841. The highest BCUT2D eigenvalue weighted by molar-refractivity contribution is 5.39. The number of anilines is 1. The van der Waals surface area contributed by atoms with E-state index in [1.807, 2.05) is 13.0 Å². The summed E-state index contributed by atoms with van der Waals surface area (Å²) in [5.74, 6) is 2.26. The summed E-state index contributed by atoms with van der Waals surface area (Å²) in [6, 6.07) is 10.3. The molecule has 0 aliphatic rings. The van der Waals surface area contributed by atoms with E-state index in [0.29, 0.717) is 12.5 Å². The van der Waals surface area contributed by atoms with Gasteiger partial charge in [-0.15, -0.1) is 0 Å². The molecule has 0 radical (unpaired) electrons. The van der Waals surface area contributed by atoms with Crippen molar-refractivity contribution in [3.8, 4) is 5.88 Å². The van der Waals surface area contributed by atoms with Crippen LogP contribution in [0.1, 0.15) is 37.2 Å². The SMILES string of the molecule is CCCOc1cc(NCc2ccc(C)cc2)nc(CC)n1. The summed E-state index contributed by atoms with van der Waals surface area (Å²) < 4.78 is 5.61. The standard InChI is InChI=1S/C17H23N3O/c1-4-10-21-17-11-16(19-15(5-2)20-17)18-12-14-8-6-13(3)7-9-14/h6-9,11H,4-5,10,12H2,1-3H3,(H,18,19,20). The van der Waals surface area contributed by atoms with Crippen LogP contribution in [0.25, 0.3) is 0 Å². The zero-order valence-electron chi connectivity index (χ0n) is 13.0. The Balaban J connectivity index is 2.05. The Morgan fingerprint density at radius 1 is 1.10 bits per heavy atom. The third-order valence-electron chi connectivity index (χ3n) is 3.11. The van der Waals surface area contributed by atoms with Crippen LogP contribution in [0.3, 0.4) is 0 Å². The summed E-state index contributed by atoms with van der Waals surface area (Å²) in [5.41, 5.74) is 2.50. The van der Waals surface area contributed by atoms with E-state index in [0.717, 1.165) is 31.0 Å². The van der Waals surface area contributed by atoms with Crippen molar-refractivity contribution in [1.29, 1.82) is 0 Å². The average Bonchev–Trinajstić information content (AvgIpc) is 2.52. The summed E-state index contributed by atoms with van der Waals surface area (Å²) >= 11 is 0. The summed E-state index contributed by atoms with van der Waals surface area (Å²) in [7, 11) is 0. The molecule has 0 saturated carbocycles. The number of nitrogens with one attached hydrogen (secondary N) is 1. The molecule has 1 aromatic carbocycles. The van der Waals surface area contributed by atoms with Gasteiger partial charge in [-0.05, 0) is 18.9 Å². The third kappa shape index (κ3) is 4.74. The summed E-state index contributed by atoms with van der Waals surface area (Å²) in [6.07, 6.45) is 1.76. The molecule has 4 nitrogen and oxygen atoms in total. The van der Waals surface area contributed by atoms with E-state index in [-0.39, 0.29) is 0 Å². The van der Waals surface area contributed by atoms with Crippen LogP contribution in [0.15, 0.2) is 30.3 Å². The van der Waals surface area contributed by atoms with Crippen molar-refractivity contribution in [1.82, 2.24) is 9.97 Å². The summed E-state index contributed by atoms with van der Waals surface area (Å²) in [6.45, 7) is 7.64. The van der Waals surface area contributed by atoms with E-state index < -0.39 is 0 Å². The molecule has 0 aliphatic carbocycles. The van der Waals surface area contributed by atoms with Crippen LogP contribution in [-0.2, 0) is 13.0 Å². The first kappa shape index (κ1) is 15.3. The summed E-state index contributed by atoms with van der Waals surface area (Å²) in [4.78, 5) is 8.87. The first-order valence-corrected chi connectivity index (χ1v) is 7.51. The number of rotatable bonds is 7. The van der Waals surface area contributed by atoms with Crippen LogP contribution in [0.4, 0.5) is 5.82 Å². The molecule has 21 heavy (non-hydrogen) atoms. The molecular formula is C17H23N3O. The van der Waals surface area contributed by atoms with Gasteiger partial charge in [0.05, 0.1) is 6.61 Å². The molecule has 112 valence electrons. The van der Waals surface area contributed by atoms with Gasteiger partial charge in [0.2, 0.25) is 5.88 Å². The lowest BCUT2D eigenvalue weighted by molar-refractivity contribution is 0.304. The maximum absolute atomic E-state index is 5.61. The monoisotopic (exact) mass is 285 g/mol. The molecule has 0 aliphatic heterocycles. The molecule has 0 amide bonds. The van der Waals surface area contributed by atoms with E-state index in [9.17, 15) is 0 Å². The molecule has 1 heterocycles. The Kier molecular flexibility index (Phi) is 5.55. The zero-order chi connectivity index (χ0) is 15.1. The zero-order valence-corrected chi connectivity index (χ0v) is 13.0. The second kappa shape index (κ2) is 7.62. The fourth-order valence-corrected chi connectivity index (χ4v) is 1.90. The highest BCUT2D eigenvalue weighted by Gasteiger charge is 2.04. The lowest BCUT2D eigenvalue weighted by Crippen LogP contribution is -2.06. The van der Waals surface area contributed by atoms with Crippen molar-refractivity contribution < 1.29 is 4.74 Å². The second-order valence-electron chi connectivity index (χ2n) is 5.05. The van der Waals surface area contributed by atoms with Crippen molar-refractivity contribution in [3.05, 3.63) is 47.3 Å². The average molecular weight is 285 g/mol. The molecule has 0 fully saturated rings. The van der Waals surface area contributed by atoms with Gasteiger partial charge in [0.1, 0.15) is 11.6 Å². The van der Waals surface area contributed by atoms with Gasteiger partial charge < -0.3 is 10.1 Å². The van der Waals surface area contributed by atoms with Gasteiger partial charge >= 0.3 is 0 Å². The van der Waals surface area contributed by atoms with E-state index in [4.69, 9.17) is 4.74 Å². The maximum atomic E-state index is 5.61. The molecule has 2 aromatic rings. The van der Waals surface area contributed by atoms with Gasteiger partial charge in [0.15, 0.2) is 0 Å². The molecule has 0 saturated heterocycles. The van der Waals surface area contributed by atoms with Gasteiger partial charge in [-0.25, -0.2) is 4.98 Å². The lowest BCUT2D eigenvalue weighted by atomic mass is 10.1. The molecule has 1 N–H and O–H groups in total. The summed E-state index contributed by atoms with van der Waals surface area (Å²) in [5, 5.41) is 3.34. The number of benzene rings is 1. The molecule has 0 unspecified atom stereocenters. The Morgan fingerprint density at radius 2 is 1.86 bits per heavy atom. The van der Waals surface area contributed by atoms with Crippen LogP contribution in [0.5, 0.6) is 5.88 Å². The minimum atomic E-state index is 0.648. The first-order valence-electron chi connectivity index (χ1n) is 7.51. The smallest absolute Gasteiger partial charge is 0.218 e. The fourth-order valence-electron chi connectivity index (χ4n) is 1.90. The van der Waals surface area contributed by atoms with Gasteiger partial charge in [-0.1, -0.05) is 43.7 Å². The van der Waals surface area contributed by atoms with Crippen LogP contribution in [-0.4, -0.2) is 16.6 Å². The van der Waals surface area contributed by atoms with E-state index in [1.165, 1.54) is 11.1 Å². The molecule has 0 spiro atoms. The lowest BCUT2D eigenvalue weighted by Gasteiger charge is -2.10. The Labute approximate surface area is 126 Å². The number of aryl methyl sites for hydroxylation is 2. The van der Waals surface area contributed by atoms with Crippen LogP contribution < -0.4 is 10.1 Å². The molecule has 0 bridgehead atoms. The highest BCUT2D eigenvalue weighted by Crippen LogP contribution is 2.15. The normalized spacial score (nSPS) is 10.4. The maximum Gasteiger partial charge on any atom is 0.218 e. The van der Waals surface area contributed by atoms with E-state index in [2.05, 4.69) is 53.4 Å². The highest BCUT2D eigenvalue weighted by atomic mass is 16.5. The van der Waals surface area contributed by atoms with Gasteiger partial charge in [0, 0.05) is 19.0 Å². The Morgan fingerprint density at radius 3 is 2.52 bits per heavy atom. The van der Waals surface area contributed by atoms with Gasteiger partial charge in [-0.2, -0.15) is 4.98 Å². The first-order chi connectivity index (χ1) is 10.2. The molecule has 4 heteroatoms. The van der Waals surface area contributed by atoms with Crippen molar-refractivity contribution in [2.45, 2.75) is 40.2 Å². The third-order valence-corrected chi connectivity index (χ3v) is 3.11. The van der Waals surface area contributed by atoms with Crippen molar-refractivity contribution >= 4 is 5.82 Å². The molecule has 1 aromatic heterocycles.